The minimum absolute atomic E-state index is 0.778. The molecule has 1 atom stereocenters. The van der Waals surface area contributed by atoms with Gasteiger partial charge in [-0.2, -0.15) is 0 Å². The number of hydrogen-bond acceptors (Lipinski definition) is 2. The average Bonchev–Trinajstić information content (AvgIpc) is 2.75. The topological polar surface area (TPSA) is 15.3 Å². The van der Waals surface area contributed by atoms with E-state index in [0.29, 0.717) is 0 Å². The summed E-state index contributed by atoms with van der Waals surface area (Å²) >= 11 is 0. The zero-order valence-electron chi connectivity index (χ0n) is 12.6. The highest BCUT2D eigenvalue weighted by atomic mass is 15.2. The predicted octanol–water partition coefficient (Wildman–Crippen LogP) is 3.28. The van der Waals surface area contributed by atoms with Gasteiger partial charge in [0.15, 0.2) is 0 Å². The van der Waals surface area contributed by atoms with Crippen LogP contribution in [0.25, 0.3) is 0 Å². The molecule has 2 nitrogen and oxygen atoms in total. The fraction of sp³-hybridized carbons (Fsp3) is 1.00. The molecule has 0 aromatic carbocycles. The Hall–Kier alpha value is -0.0800. The van der Waals surface area contributed by atoms with Crippen LogP contribution >= 0.6 is 0 Å². The maximum absolute atomic E-state index is 3.66. The van der Waals surface area contributed by atoms with Crippen LogP contribution in [0.15, 0.2) is 0 Å². The summed E-state index contributed by atoms with van der Waals surface area (Å²) in [6.45, 7) is 10.9. The predicted molar refractivity (Wildman–Crippen MR) is 78.9 cm³/mol. The summed E-state index contributed by atoms with van der Waals surface area (Å²) in [5, 5.41) is 3.66. The van der Waals surface area contributed by atoms with Crippen molar-refractivity contribution in [1.29, 1.82) is 0 Å². The molecule has 1 saturated carbocycles. The molecule has 1 unspecified atom stereocenters. The molecule has 0 amide bonds. The molecular formula is C16H32N2. The van der Waals surface area contributed by atoms with Gasteiger partial charge >= 0.3 is 0 Å². The van der Waals surface area contributed by atoms with Gasteiger partial charge in [-0.25, -0.2) is 0 Å². The molecule has 0 aromatic rings. The van der Waals surface area contributed by atoms with Crippen LogP contribution in [0.2, 0.25) is 0 Å². The zero-order valence-corrected chi connectivity index (χ0v) is 12.6. The lowest BCUT2D eigenvalue weighted by Gasteiger charge is -2.45. The van der Waals surface area contributed by atoms with Gasteiger partial charge in [-0.15, -0.1) is 0 Å². The van der Waals surface area contributed by atoms with Gasteiger partial charge in [0.25, 0.3) is 0 Å². The lowest BCUT2D eigenvalue weighted by atomic mass is 9.73. The van der Waals surface area contributed by atoms with Crippen molar-refractivity contribution in [2.45, 2.75) is 71.4 Å². The standard InChI is InChI=1S/C16H32N2/c1-4-5-9-18(12-15-7-6-8-17-15)16-10-14(11-16)13(2)3/h13-17H,4-12H2,1-3H3. The first-order chi connectivity index (χ1) is 8.70. The van der Waals surface area contributed by atoms with E-state index in [1.54, 1.807) is 0 Å². The molecule has 106 valence electrons. The van der Waals surface area contributed by atoms with Crippen molar-refractivity contribution >= 4 is 0 Å². The van der Waals surface area contributed by atoms with E-state index in [9.17, 15) is 0 Å². The molecule has 0 radical (unpaired) electrons. The molecule has 0 bridgehead atoms. The van der Waals surface area contributed by atoms with Crippen molar-refractivity contribution in [1.82, 2.24) is 10.2 Å². The first-order valence-corrected chi connectivity index (χ1v) is 8.18. The molecule has 1 N–H and O–H groups in total. The minimum Gasteiger partial charge on any atom is -0.313 e. The lowest BCUT2D eigenvalue weighted by Crippen LogP contribution is -2.50. The van der Waals surface area contributed by atoms with Gasteiger partial charge < -0.3 is 5.32 Å². The monoisotopic (exact) mass is 252 g/mol. The second-order valence-corrected chi connectivity index (χ2v) is 6.77. The highest BCUT2D eigenvalue weighted by molar-refractivity contribution is 4.90. The summed E-state index contributed by atoms with van der Waals surface area (Å²) in [6, 6.07) is 1.67. The highest BCUT2D eigenvalue weighted by Crippen LogP contribution is 2.37. The van der Waals surface area contributed by atoms with Gasteiger partial charge in [-0.3, -0.25) is 4.90 Å². The number of unbranched alkanes of at least 4 members (excludes halogenated alkanes) is 1. The Morgan fingerprint density at radius 2 is 2.06 bits per heavy atom. The van der Waals surface area contributed by atoms with Gasteiger partial charge in [-0.05, 0) is 57.0 Å². The summed E-state index contributed by atoms with van der Waals surface area (Å²) in [7, 11) is 0. The van der Waals surface area contributed by atoms with E-state index in [4.69, 9.17) is 0 Å². The molecule has 0 aromatic heterocycles. The smallest absolute Gasteiger partial charge is 0.0195 e. The maximum Gasteiger partial charge on any atom is 0.0195 e. The third kappa shape index (κ3) is 3.71. The van der Waals surface area contributed by atoms with Crippen molar-refractivity contribution in [3.8, 4) is 0 Å². The largest absolute Gasteiger partial charge is 0.313 e. The maximum atomic E-state index is 3.66. The number of nitrogens with zero attached hydrogens (tertiary/aromatic N) is 1. The fourth-order valence-corrected chi connectivity index (χ4v) is 3.45. The summed E-state index contributed by atoms with van der Waals surface area (Å²) in [5.41, 5.74) is 0. The van der Waals surface area contributed by atoms with Gasteiger partial charge in [0, 0.05) is 18.6 Å². The third-order valence-corrected chi connectivity index (χ3v) is 5.03. The molecule has 2 heteroatoms. The van der Waals surface area contributed by atoms with Crippen molar-refractivity contribution in [3.63, 3.8) is 0 Å². The Bertz CT molecular complexity index is 227. The Morgan fingerprint density at radius 3 is 2.61 bits per heavy atom. The second kappa shape index (κ2) is 6.91. The summed E-state index contributed by atoms with van der Waals surface area (Å²) in [4.78, 5) is 2.80. The molecule has 1 saturated heterocycles. The van der Waals surface area contributed by atoms with Crippen LogP contribution in [0.1, 0.15) is 59.3 Å². The SMILES string of the molecule is CCCCN(CC1CCCN1)C1CC(C(C)C)C1. The average molecular weight is 252 g/mol. The normalized spacial score (nSPS) is 32.2. The zero-order chi connectivity index (χ0) is 13.0. The van der Waals surface area contributed by atoms with Crippen LogP contribution in [0.4, 0.5) is 0 Å². The van der Waals surface area contributed by atoms with Crippen LogP contribution in [0, 0.1) is 11.8 Å². The summed E-state index contributed by atoms with van der Waals surface area (Å²) in [6.07, 6.45) is 8.38. The van der Waals surface area contributed by atoms with E-state index in [1.807, 2.05) is 0 Å². The van der Waals surface area contributed by atoms with Crippen LogP contribution in [0.3, 0.4) is 0 Å². The molecule has 1 aliphatic heterocycles. The van der Waals surface area contributed by atoms with Crippen LogP contribution in [-0.2, 0) is 0 Å². The van der Waals surface area contributed by atoms with Gasteiger partial charge in [-0.1, -0.05) is 27.2 Å². The van der Waals surface area contributed by atoms with Crippen molar-refractivity contribution < 1.29 is 0 Å². The number of rotatable bonds is 7. The highest BCUT2D eigenvalue weighted by Gasteiger charge is 2.35. The molecule has 2 aliphatic rings. The van der Waals surface area contributed by atoms with Crippen LogP contribution in [0.5, 0.6) is 0 Å². The molecule has 1 aliphatic carbocycles. The van der Waals surface area contributed by atoms with Gasteiger partial charge in [0.2, 0.25) is 0 Å². The fourth-order valence-electron chi connectivity index (χ4n) is 3.45. The van der Waals surface area contributed by atoms with Crippen LogP contribution in [-0.4, -0.2) is 36.6 Å². The van der Waals surface area contributed by atoms with Gasteiger partial charge in [0.05, 0.1) is 0 Å². The molecule has 2 fully saturated rings. The van der Waals surface area contributed by atoms with Crippen molar-refractivity contribution in [2.75, 3.05) is 19.6 Å². The van der Waals surface area contributed by atoms with Crippen molar-refractivity contribution in [3.05, 3.63) is 0 Å². The van der Waals surface area contributed by atoms with Crippen LogP contribution < -0.4 is 5.32 Å². The Labute approximate surface area is 114 Å². The Morgan fingerprint density at radius 1 is 1.28 bits per heavy atom. The molecule has 2 rings (SSSR count). The minimum atomic E-state index is 0.778. The van der Waals surface area contributed by atoms with Crippen molar-refractivity contribution in [2.24, 2.45) is 11.8 Å². The summed E-state index contributed by atoms with van der Waals surface area (Å²) in [5.74, 6) is 1.88. The Balaban J connectivity index is 1.77. The Kier molecular flexibility index (Phi) is 5.50. The summed E-state index contributed by atoms with van der Waals surface area (Å²) < 4.78 is 0. The molecule has 18 heavy (non-hydrogen) atoms. The first-order valence-electron chi connectivity index (χ1n) is 8.18. The van der Waals surface area contributed by atoms with E-state index >= 15 is 0 Å². The number of nitrogens with one attached hydrogen (secondary N) is 1. The van der Waals surface area contributed by atoms with E-state index < -0.39 is 0 Å². The van der Waals surface area contributed by atoms with E-state index in [0.717, 1.165) is 23.9 Å². The quantitative estimate of drug-likeness (QED) is 0.748. The molecule has 0 spiro atoms. The third-order valence-electron chi connectivity index (χ3n) is 5.03. The first kappa shape index (κ1) is 14.3. The van der Waals surface area contributed by atoms with E-state index in [1.165, 1.54) is 58.2 Å². The number of hydrogen-bond donors (Lipinski definition) is 1. The second-order valence-electron chi connectivity index (χ2n) is 6.77. The molecule has 1 heterocycles. The van der Waals surface area contributed by atoms with Gasteiger partial charge in [0.1, 0.15) is 0 Å². The van der Waals surface area contributed by atoms with E-state index in [2.05, 4.69) is 31.0 Å². The van der Waals surface area contributed by atoms with E-state index in [-0.39, 0.29) is 0 Å². The molecular weight excluding hydrogens is 220 g/mol. The lowest BCUT2D eigenvalue weighted by molar-refractivity contribution is 0.0488.